The molecule has 33 heavy (non-hydrogen) atoms. The summed E-state index contributed by atoms with van der Waals surface area (Å²) in [5.41, 5.74) is 6.39. The summed E-state index contributed by atoms with van der Waals surface area (Å²) in [7, 11) is 0. The Balaban J connectivity index is 1.76. The van der Waals surface area contributed by atoms with Crippen molar-refractivity contribution in [1.29, 1.82) is 0 Å². The predicted molar refractivity (Wildman–Crippen MR) is 129 cm³/mol. The second-order valence-corrected chi connectivity index (χ2v) is 8.12. The van der Waals surface area contributed by atoms with E-state index in [2.05, 4.69) is 28.9 Å². The number of aromatic nitrogens is 1. The van der Waals surface area contributed by atoms with Gasteiger partial charge in [-0.2, -0.15) is 0 Å². The number of nitrogens with zero attached hydrogens (tertiary/aromatic N) is 2. The van der Waals surface area contributed by atoms with Gasteiger partial charge in [0, 0.05) is 17.1 Å². The van der Waals surface area contributed by atoms with E-state index >= 15 is 0 Å². The summed E-state index contributed by atoms with van der Waals surface area (Å²) >= 11 is 0. The van der Waals surface area contributed by atoms with Gasteiger partial charge >= 0.3 is 6.03 Å². The third-order valence-electron chi connectivity index (χ3n) is 6.09. The summed E-state index contributed by atoms with van der Waals surface area (Å²) in [5, 5.41) is 2.30. The van der Waals surface area contributed by atoms with Crippen molar-refractivity contribution in [2.75, 3.05) is 4.90 Å². The van der Waals surface area contributed by atoms with Crippen LogP contribution in [-0.2, 0) is 22.4 Å². The zero-order chi connectivity index (χ0) is 23.7. The number of imide groups is 2. The van der Waals surface area contributed by atoms with Crippen LogP contribution in [0.3, 0.4) is 0 Å². The van der Waals surface area contributed by atoms with Gasteiger partial charge in [0.15, 0.2) is 0 Å². The van der Waals surface area contributed by atoms with Crippen molar-refractivity contribution >= 4 is 29.6 Å². The predicted octanol–water partition coefficient (Wildman–Crippen LogP) is 4.89. The van der Waals surface area contributed by atoms with E-state index in [1.54, 1.807) is 18.2 Å². The van der Waals surface area contributed by atoms with Crippen LogP contribution in [0.25, 0.3) is 11.8 Å². The number of amides is 4. The molecule has 2 aromatic carbocycles. The first-order chi connectivity index (χ1) is 15.8. The molecule has 4 amide bonds. The molecule has 0 atom stereocenters. The SMILES string of the molecule is CCc1ccc(N2C(=O)NC(=O)/C(=C/c3cc(C)n(-c4ccccc4CC)c3C)C2=O)cc1. The molecule has 0 spiro atoms. The van der Waals surface area contributed by atoms with Crippen LogP contribution in [-0.4, -0.2) is 22.4 Å². The van der Waals surface area contributed by atoms with Crippen LogP contribution >= 0.6 is 0 Å². The van der Waals surface area contributed by atoms with Crippen molar-refractivity contribution in [2.45, 2.75) is 40.5 Å². The molecule has 6 nitrogen and oxygen atoms in total. The summed E-state index contributed by atoms with van der Waals surface area (Å²) in [6.07, 6.45) is 3.31. The van der Waals surface area contributed by atoms with Crippen LogP contribution in [0.4, 0.5) is 10.5 Å². The van der Waals surface area contributed by atoms with E-state index in [4.69, 9.17) is 0 Å². The van der Waals surface area contributed by atoms with Crippen molar-refractivity contribution in [3.8, 4) is 5.69 Å². The van der Waals surface area contributed by atoms with Crippen LogP contribution < -0.4 is 10.2 Å². The zero-order valence-corrected chi connectivity index (χ0v) is 19.3. The van der Waals surface area contributed by atoms with Gasteiger partial charge in [0.1, 0.15) is 5.57 Å². The van der Waals surface area contributed by atoms with Crippen molar-refractivity contribution in [1.82, 2.24) is 9.88 Å². The number of urea groups is 1. The van der Waals surface area contributed by atoms with Gasteiger partial charge in [-0.25, -0.2) is 9.69 Å². The number of hydrogen-bond acceptors (Lipinski definition) is 3. The molecule has 0 unspecified atom stereocenters. The number of carbonyl (C=O) groups is 3. The Labute approximate surface area is 193 Å². The highest BCUT2D eigenvalue weighted by atomic mass is 16.2. The molecule has 2 heterocycles. The lowest BCUT2D eigenvalue weighted by Crippen LogP contribution is -2.54. The largest absolute Gasteiger partial charge is 0.335 e. The highest BCUT2D eigenvalue weighted by Gasteiger charge is 2.37. The Morgan fingerprint density at radius 3 is 2.27 bits per heavy atom. The number of benzene rings is 2. The normalized spacial score (nSPS) is 15.3. The Kier molecular flexibility index (Phi) is 6.01. The number of anilines is 1. The third kappa shape index (κ3) is 4.00. The highest BCUT2D eigenvalue weighted by Crippen LogP contribution is 2.27. The van der Waals surface area contributed by atoms with E-state index in [1.165, 1.54) is 5.56 Å². The second kappa shape index (κ2) is 8.90. The molecule has 168 valence electrons. The van der Waals surface area contributed by atoms with Crippen molar-refractivity contribution in [3.63, 3.8) is 0 Å². The Bertz CT molecular complexity index is 1280. The van der Waals surface area contributed by atoms with Gasteiger partial charge in [0.05, 0.1) is 5.69 Å². The van der Waals surface area contributed by atoms with Crippen LogP contribution in [0.2, 0.25) is 0 Å². The van der Waals surface area contributed by atoms with E-state index in [0.29, 0.717) is 5.69 Å². The van der Waals surface area contributed by atoms with Crippen LogP contribution in [0.5, 0.6) is 0 Å². The minimum absolute atomic E-state index is 0.0711. The molecular weight excluding hydrogens is 414 g/mol. The molecule has 3 aromatic rings. The summed E-state index contributed by atoms with van der Waals surface area (Å²) in [5.74, 6) is -1.32. The fourth-order valence-electron chi connectivity index (χ4n) is 4.26. The third-order valence-corrected chi connectivity index (χ3v) is 6.09. The molecule has 1 saturated heterocycles. The molecule has 1 aromatic heterocycles. The average molecular weight is 442 g/mol. The lowest BCUT2D eigenvalue weighted by molar-refractivity contribution is -0.122. The zero-order valence-electron chi connectivity index (χ0n) is 19.3. The van der Waals surface area contributed by atoms with Gasteiger partial charge in [0.25, 0.3) is 11.8 Å². The van der Waals surface area contributed by atoms with Gasteiger partial charge in [0.2, 0.25) is 0 Å². The maximum absolute atomic E-state index is 13.2. The summed E-state index contributed by atoms with van der Waals surface area (Å²) in [4.78, 5) is 39.4. The maximum atomic E-state index is 13.2. The molecule has 0 aliphatic carbocycles. The van der Waals surface area contributed by atoms with Gasteiger partial charge in [-0.3, -0.25) is 14.9 Å². The van der Waals surface area contributed by atoms with Crippen molar-refractivity contribution in [2.24, 2.45) is 0 Å². The summed E-state index contributed by atoms with van der Waals surface area (Å²) in [6.45, 7) is 8.10. The smallest absolute Gasteiger partial charge is 0.318 e. The van der Waals surface area contributed by atoms with Crippen LogP contribution in [0.15, 0.2) is 60.2 Å². The van der Waals surface area contributed by atoms with E-state index in [-0.39, 0.29) is 5.57 Å². The van der Waals surface area contributed by atoms with E-state index in [9.17, 15) is 14.4 Å². The molecule has 1 aliphatic heterocycles. The number of aryl methyl sites for hydroxylation is 3. The lowest BCUT2D eigenvalue weighted by Gasteiger charge is -2.26. The minimum Gasteiger partial charge on any atom is -0.318 e. The fraction of sp³-hybridized carbons (Fsp3) is 0.222. The van der Waals surface area contributed by atoms with Gasteiger partial charge in [-0.1, -0.05) is 44.2 Å². The number of para-hydroxylation sites is 1. The van der Waals surface area contributed by atoms with E-state index in [0.717, 1.165) is 45.9 Å². The van der Waals surface area contributed by atoms with Gasteiger partial charge in [-0.05, 0) is 73.7 Å². The first kappa shape index (κ1) is 22.3. The number of rotatable bonds is 5. The van der Waals surface area contributed by atoms with Crippen LogP contribution in [0, 0.1) is 13.8 Å². The minimum atomic E-state index is -0.742. The molecular formula is C27H27N3O3. The number of carbonyl (C=O) groups excluding carboxylic acids is 3. The standard InChI is InChI=1S/C27H27N3O3/c1-5-19-11-13-22(14-12-19)30-26(32)23(25(31)28-27(30)33)16-21-15-17(3)29(18(21)4)24-10-8-7-9-20(24)6-2/h7-16H,5-6H2,1-4H3,(H,28,31,33)/b23-16-. The number of nitrogens with one attached hydrogen (secondary N) is 1. The van der Waals surface area contributed by atoms with E-state index in [1.807, 2.05) is 51.1 Å². The quantitative estimate of drug-likeness (QED) is 0.453. The molecule has 6 heteroatoms. The van der Waals surface area contributed by atoms with Gasteiger partial charge < -0.3 is 4.57 Å². The molecule has 1 aliphatic rings. The Hall–Kier alpha value is -3.93. The molecule has 1 N–H and O–H groups in total. The first-order valence-electron chi connectivity index (χ1n) is 11.1. The molecule has 0 radical (unpaired) electrons. The lowest BCUT2D eigenvalue weighted by atomic mass is 10.1. The summed E-state index contributed by atoms with van der Waals surface area (Å²) in [6, 6.07) is 16.6. The van der Waals surface area contributed by atoms with E-state index < -0.39 is 17.8 Å². The average Bonchev–Trinajstić information content (AvgIpc) is 3.09. The summed E-state index contributed by atoms with van der Waals surface area (Å²) < 4.78 is 2.13. The van der Waals surface area contributed by atoms with Crippen molar-refractivity contribution in [3.05, 3.63) is 88.2 Å². The second-order valence-electron chi connectivity index (χ2n) is 8.12. The maximum Gasteiger partial charge on any atom is 0.335 e. The topological polar surface area (TPSA) is 71.4 Å². The number of hydrogen-bond donors (Lipinski definition) is 1. The Morgan fingerprint density at radius 1 is 0.909 bits per heavy atom. The Morgan fingerprint density at radius 2 is 1.61 bits per heavy atom. The molecule has 0 saturated carbocycles. The molecule has 4 rings (SSSR count). The van der Waals surface area contributed by atoms with Gasteiger partial charge in [-0.15, -0.1) is 0 Å². The monoisotopic (exact) mass is 441 g/mol. The van der Waals surface area contributed by atoms with Crippen LogP contribution in [0.1, 0.15) is 41.9 Å². The number of barbiturate groups is 1. The highest BCUT2D eigenvalue weighted by molar-refractivity contribution is 6.39. The fourth-order valence-corrected chi connectivity index (χ4v) is 4.26. The van der Waals surface area contributed by atoms with Crippen molar-refractivity contribution < 1.29 is 14.4 Å². The molecule has 1 fully saturated rings. The first-order valence-corrected chi connectivity index (χ1v) is 11.1. The molecule has 0 bridgehead atoms.